The maximum Gasteiger partial charge on any atom is 0.317 e. The standard InChI is InChI=1S/C25H21FN4O3/c26-20-10-6-17(7-11-20)14-27-25(31)30-15-22(16-30)32-21-12-8-18(9-13-21)23-28-24(33-29-23)19-4-2-1-3-5-19/h1-13,22H,14-16H2,(H,27,31). The lowest BCUT2D eigenvalue weighted by molar-refractivity contribution is 0.0443. The monoisotopic (exact) mass is 444 g/mol. The van der Waals surface area contributed by atoms with Crippen molar-refractivity contribution in [3.63, 3.8) is 0 Å². The van der Waals surface area contributed by atoms with Crippen molar-refractivity contribution in [2.45, 2.75) is 12.6 Å². The van der Waals surface area contributed by atoms with Crippen LogP contribution in [0.4, 0.5) is 9.18 Å². The third-order valence-electron chi connectivity index (χ3n) is 5.35. The summed E-state index contributed by atoms with van der Waals surface area (Å²) in [7, 11) is 0. The van der Waals surface area contributed by atoms with Crippen molar-refractivity contribution in [3.05, 3.63) is 90.2 Å². The van der Waals surface area contributed by atoms with Gasteiger partial charge in [-0.2, -0.15) is 4.98 Å². The molecule has 0 unspecified atom stereocenters. The largest absolute Gasteiger partial charge is 0.487 e. The van der Waals surface area contributed by atoms with E-state index in [2.05, 4.69) is 15.5 Å². The lowest BCUT2D eigenvalue weighted by Crippen LogP contribution is -2.58. The number of nitrogens with one attached hydrogen (secondary N) is 1. The molecule has 1 fully saturated rings. The fraction of sp³-hybridized carbons (Fsp3) is 0.160. The molecule has 0 radical (unpaired) electrons. The van der Waals surface area contributed by atoms with Gasteiger partial charge in [-0.3, -0.25) is 0 Å². The van der Waals surface area contributed by atoms with Crippen molar-refractivity contribution >= 4 is 6.03 Å². The highest BCUT2D eigenvalue weighted by Crippen LogP contribution is 2.25. The third kappa shape index (κ3) is 4.85. The molecule has 33 heavy (non-hydrogen) atoms. The first-order chi connectivity index (χ1) is 16.1. The van der Waals surface area contributed by atoms with Crippen LogP contribution >= 0.6 is 0 Å². The topological polar surface area (TPSA) is 80.5 Å². The quantitative estimate of drug-likeness (QED) is 0.473. The highest BCUT2D eigenvalue weighted by atomic mass is 19.1. The Morgan fingerprint density at radius 3 is 2.45 bits per heavy atom. The van der Waals surface area contributed by atoms with Crippen LogP contribution in [0.2, 0.25) is 0 Å². The summed E-state index contributed by atoms with van der Waals surface area (Å²) < 4.78 is 24.3. The SMILES string of the molecule is O=C(NCc1ccc(F)cc1)N1CC(Oc2ccc(-c3noc(-c4ccccc4)n3)cc2)C1. The van der Waals surface area contributed by atoms with Gasteiger partial charge in [0.1, 0.15) is 17.7 Å². The number of hydrogen-bond donors (Lipinski definition) is 1. The minimum atomic E-state index is -0.296. The number of halogens is 1. The van der Waals surface area contributed by atoms with Crippen LogP contribution in [0.3, 0.4) is 0 Å². The van der Waals surface area contributed by atoms with E-state index >= 15 is 0 Å². The summed E-state index contributed by atoms with van der Waals surface area (Å²) in [5, 5.41) is 6.89. The van der Waals surface area contributed by atoms with Gasteiger partial charge in [-0.25, -0.2) is 9.18 Å². The van der Waals surface area contributed by atoms with Crippen LogP contribution in [0, 0.1) is 5.82 Å². The summed E-state index contributed by atoms with van der Waals surface area (Å²) in [6.45, 7) is 1.36. The zero-order valence-corrected chi connectivity index (χ0v) is 17.6. The molecule has 5 rings (SSSR count). The number of urea groups is 1. The summed E-state index contributed by atoms with van der Waals surface area (Å²) >= 11 is 0. The fourth-order valence-electron chi connectivity index (χ4n) is 3.48. The molecule has 8 heteroatoms. The Morgan fingerprint density at radius 2 is 1.73 bits per heavy atom. The molecule has 0 bridgehead atoms. The highest BCUT2D eigenvalue weighted by molar-refractivity contribution is 5.75. The van der Waals surface area contributed by atoms with Gasteiger partial charge in [-0.15, -0.1) is 0 Å². The average molecular weight is 444 g/mol. The molecule has 1 N–H and O–H groups in total. The molecular formula is C25H21FN4O3. The molecule has 7 nitrogen and oxygen atoms in total. The number of hydrogen-bond acceptors (Lipinski definition) is 5. The number of ether oxygens (including phenoxy) is 1. The number of carbonyl (C=O) groups excluding carboxylic acids is 1. The van der Waals surface area contributed by atoms with E-state index in [1.54, 1.807) is 17.0 Å². The lowest BCUT2D eigenvalue weighted by atomic mass is 10.1. The van der Waals surface area contributed by atoms with E-state index in [-0.39, 0.29) is 18.0 Å². The van der Waals surface area contributed by atoms with E-state index < -0.39 is 0 Å². The van der Waals surface area contributed by atoms with Gasteiger partial charge in [-0.1, -0.05) is 35.5 Å². The Bertz CT molecular complexity index is 1220. The molecule has 0 atom stereocenters. The maximum absolute atomic E-state index is 13.0. The van der Waals surface area contributed by atoms with Crippen LogP contribution < -0.4 is 10.1 Å². The summed E-state index contributed by atoms with van der Waals surface area (Å²) in [6.07, 6.45) is -0.0673. The van der Waals surface area contributed by atoms with Gasteiger partial charge in [0.05, 0.1) is 13.1 Å². The van der Waals surface area contributed by atoms with Gasteiger partial charge in [0.2, 0.25) is 5.82 Å². The van der Waals surface area contributed by atoms with Gasteiger partial charge in [0, 0.05) is 17.7 Å². The van der Waals surface area contributed by atoms with E-state index in [0.29, 0.717) is 37.1 Å². The van der Waals surface area contributed by atoms with E-state index in [1.165, 1.54) is 12.1 Å². The molecular weight excluding hydrogens is 423 g/mol. The van der Waals surface area contributed by atoms with Crippen molar-refractivity contribution in [2.75, 3.05) is 13.1 Å². The predicted molar refractivity (Wildman–Crippen MR) is 120 cm³/mol. The van der Waals surface area contributed by atoms with Crippen LogP contribution in [0.1, 0.15) is 5.56 Å². The van der Waals surface area contributed by atoms with Crippen LogP contribution in [-0.4, -0.2) is 40.3 Å². The van der Waals surface area contributed by atoms with E-state index in [9.17, 15) is 9.18 Å². The predicted octanol–water partition coefficient (Wildman–Crippen LogP) is 4.52. The maximum atomic E-state index is 13.0. The molecule has 1 aromatic heterocycles. The molecule has 1 aliphatic heterocycles. The second-order valence-corrected chi connectivity index (χ2v) is 7.74. The Morgan fingerprint density at radius 1 is 1.00 bits per heavy atom. The Kier molecular flexibility index (Phi) is 5.72. The number of amides is 2. The first-order valence-corrected chi connectivity index (χ1v) is 10.6. The minimum Gasteiger partial charge on any atom is -0.487 e. The fourth-order valence-corrected chi connectivity index (χ4v) is 3.48. The van der Waals surface area contributed by atoms with E-state index in [4.69, 9.17) is 9.26 Å². The second-order valence-electron chi connectivity index (χ2n) is 7.74. The van der Waals surface area contributed by atoms with Gasteiger partial charge < -0.3 is 19.5 Å². The Labute approximate surface area is 189 Å². The average Bonchev–Trinajstić information content (AvgIpc) is 3.32. The first kappa shape index (κ1) is 20.7. The van der Waals surface area contributed by atoms with E-state index in [1.807, 2.05) is 54.6 Å². The van der Waals surface area contributed by atoms with Crippen LogP contribution in [0.5, 0.6) is 5.75 Å². The zero-order chi connectivity index (χ0) is 22.6. The van der Waals surface area contributed by atoms with E-state index in [0.717, 1.165) is 16.7 Å². The lowest BCUT2D eigenvalue weighted by Gasteiger charge is -2.38. The number of rotatable bonds is 6. The highest BCUT2D eigenvalue weighted by Gasteiger charge is 2.32. The number of aromatic nitrogens is 2. The van der Waals surface area contributed by atoms with Crippen molar-refractivity contribution in [1.82, 2.24) is 20.4 Å². The molecule has 0 aliphatic carbocycles. The smallest absolute Gasteiger partial charge is 0.317 e. The van der Waals surface area contributed by atoms with Crippen LogP contribution in [0.15, 0.2) is 83.4 Å². The van der Waals surface area contributed by atoms with Gasteiger partial charge in [-0.05, 0) is 54.1 Å². The summed E-state index contributed by atoms with van der Waals surface area (Å²) in [6, 6.07) is 22.9. The molecule has 3 aromatic carbocycles. The summed E-state index contributed by atoms with van der Waals surface area (Å²) in [4.78, 5) is 18.4. The van der Waals surface area contributed by atoms with Gasteiger partial charge >= 0.3 is 6.03 Å². The van der Waals surface area contributed by atoms with Crippen LogP contribution in [0.25, 0.3) is 22.8 Å². The number of nitrogens with zero attached hydrogens (tertiary/aromatic N) is 3. The molecule has 0 saturated carbocycles. The number of likely N-dealkylation sites (tertiary alicyclic amines) is 1. The zero-order valence-electron chi connectivity index (χ0n) is 17.6. The molecule has 2 heterocycles. The molecule has 1 aliphatic rings. The van der Waals surface area contributed by atoms with Crippen molar-refractivity contribution in [1.29, 1.82) is 0 Å². The van der Waals surface area contributed by atoms with Gasteiger partial charge in [0.25, 0.3) is 5.89 Å². The third-order valence-corrected chi connectivity index (χ3v) is 5.35. The molecule has 0 spiro atoms. The summed E-state index contributed by atoms with van der Waals surface area (Å²) in [5.41, 5.74) is 2.53. The minimum absolute atomic E-state index is 0.0673. The molecule has 2 amide bonds. The summed E-state index contributed by atoms with van der Waals surface area (Å²) in [5.74, 6) is 1.39. The number of benzene rings is 3. The van der Waals surface area contributed by atoms with Crippen molar-refractivity contribution in [2.24, 2.45) is 0 Å². The number of carbonyl (C=O) groups is 1. The Balaban J connectivity index is 1.10. The molecule has 1 saturated heterocycles. The first-order valence-electron chi connectivity index (χ1n) is 10.6. The Hall–Kier alpha value is -4.20. The second kappa shape index (κ2) is 9.12. The van der Waals surface area contributed by atoms with Gasteiger partial charge in [0.15, 0.2) is 0 Å². The molecule has 4 aromatic rings. The molecule has 166 valence electrons. The van der Waals surface area contributed by atoms with Crippen LogP contribution in [-0.2, 0) is 6.54 Å². The normalized spacial score (nSPS) is 13.4. The van der Waals surface area contributed by atoms with Crippen molar-refractivity contribution in [3.8, 4) is 28.6 Å². The van der Waals surface area contributed by atoms with Crippen molar-refractivity contribution < 1.29 is 18.4 Å².